The number of hydrogen-bond acceptors (Lipinski definition) is 5. The third-order valence-electron chi connectivity index (χ3n) is 2.56. The van der Waals surface area contributed by atoms with Crippen LogP contribution in [0.5, 0.6) is 0 Å². The molecule has 0 aliphatic carbocycles. The number of carbonyl (C=O) groups is 1. The Morgan fingerprint density at radius 1 is 1.30 bits per heavy atom. The fourth-order valence-electron chi connectivity index (χ4n) is 1.62. The van der Waals surface area contributed by atoms with Gasteiger partial charge in [-0.1, -0.05) is 18.2 Å². The Morgan fingerprint density at radius 2 is 2.00 bits per heavy atom. The first-order valence-corrected chi connectivity index (χ1v) is 7.40. The molecule has 1 amide bonds. The number of sulfonamides is 1. The Bertz CT molecular complexity index is 810. The standard InChI is InChI=1S/C12H12N2O5S/c13-20(17,18)6-5-14-11(15)9-7-8-3-1-2-4-10(8)19-12(9)16/h1-4,7H,5-6H2,(H,14,15)(H2,13,17,18). The monoisotopic (exact) mass is 296 g/mol. The molecule has 0 aliphatic rings. The number of benzene rings is 1. The van der Waals surface area contributed by atoms with E-state index in [0.29, 0.717) is 11.0 Å². The normalized spacial score (nSPS) is 11.4. The number of nitrogens with two attached hydrogens (primary N) is 1. The first kappa shape index (κ1) is 14.2. The van der Waals surface area contributed by atoms with Gasteiger partial charge in [-0.25, -0.2) is 18.4 Å². The van der Waals surface area contributed by atoms with Crippen LogP contribution in [0, 0.1) is 0 Å². The third-order valence-corrected chi connectivity index (χ3v) is 3.33. The molecule has 106 valence electrons. The molecule has 1 heterocycles. The Hall–Kier alpha value is -2.19. The van der Waals surface area contributed by atoms with Crippen molar-refractivity contribution in [2.45, 2.75) is 0 Å². The summed E-state index contributed by atoms with van der Waals surface area (Å²) < 4.78 is 26.5. The Labute approximate surface area is 114 Å². The summed E-state index contributed by atoms with van der Waals surface area (Å²) >= 11 is 0. The van der Waals surface area contributed by atoms with Gasteiger partial charge < -0.3 is 9.73 Å². The molecule has 0 spiro atoms. The molecule has 2 rings (SSSR count). The number of nitrogens with one attached hydrogen (secondary N) is 1. The number of rotatable bonds is 4. The lowest BCUT2D eigenvalue weighted by atomic mass is 10.2. The van der Waals surface area contributed by atoms with Crippen LogP contribution in [-0.2, 0) is 10.0 Å². The molecule has 0 radical (unpaired) electrons. The number of carbonyl (C=O) groups excluding carboxylic acids is 1. The maximum absolute atomic E-state index is 11.8. The van der Waals surface area contributed by atoms with E-state index in [1.54, 1.807) is 24.3 Å². The first-order valence-electron chi connectivity index (χ1n) is 5.68. The Kier molecular flexibility index (Phi) is 3.86. The van der Waals surface area contributed by atoms with Crippen LogP contribution >= 0.6 is 0 Å². The maximum Gasteiger partial charge on any atom is 0.349 e. The van der Waals surface area contributed by atoms with Crippen molar-refractivity contribution < 1.29 is 17.6 Å². The molecule has 0 aliphatic heterocycles. The summed E-state index contributed by atoms with van der Waals surface area (Å²) in [6.45, 7) is -0.177. The van der Waals surface area contributed by atoms with Crippen LogP contribution < -0.4 is 16.1 Å². The van der Waals surface area contributed by atoms with E-state index >= 15 is 0 Å². The van der Waals surface area contributed by atoms with Crippen molar-refractivity contribution in [3.63, 3.8) is 0 Å². The SMILES string of the molecule is NS(=O)(=O)CCNC(=O)c1cc2ccccc2oc1=O. The molecule has 0 atom stereocenters. The van der Waals surface area contributed by atoms with Crippen molar-refractivity contribution >= 4 is 26.9 Å². The van der Waals surface area contributed by atoms with Crippen molar-refractivity contribution in [2.24, 2.45) is 5.14 Å². The summed E-state index contributed by atoms with van der Waals surface area (Å²) in [5, 5.41) is 7.71. The lowest BCUT2D eigenvalue weighted by Crippen LogP contribution is -2.33. The third kappa shape index (κ3) is 3.43. The molecule has 1 aromatic carbocycles. The van der Waals surface area contributed by atoms with E-state index in [4.69, 9.17) is 9.56 Å². The molecule has 0 saturated carbocycles. The molecule has 2 aromatic rings. The fourth-order valence-corrected chi connectivity index (χ4v) is 2.01. The quantitative estimate of drug-likeness (QED) is 0.758. The minimum absolute atomic E-state index is 0.177. The second-order valence-corrected chi connectivity index (χ2v) is 5.84. The van der Waals surface area contributed by atoms with Gasteiger partial charge in [0.1, 0.15) is 11.1 Å². The average molecular weight is 296 g/mol. The predicted octanol–water partition coefficient (Wildman–Crippen LogP) is -0.189. The van der Waals surface area contributed by atoms with E-state index in [-0.39, 0.29) is 12.1 Å². The van der Waals surface area contributed by atoms with Crippen LogP contribution in [0.4, 0.5) is 0 Å². The second kappa shape index (κ2) is 5.43. The number of amides is 1. The molecule has 7 nitrogen and oxygen atoms in total. The largest absolute Gasteiger partial charge is 0.422 e. The highest BCUT2D eigenvalue weighted by atomic mass is 32.2. The number of primary sulfonamides is 1. The van der Waals surface area contributed by atoms with Crippen LogP contribution in [-0.4, -0.2) is 26.6 Å². The maximum atomic E-state index is 11.8. The van der Waals surface area contributed by atoms with Gasteiger partial charge in [-0.05, 0) is 12.1 Å². The number of para-hydroxylation sites is 1. The minimum Gasteiger partial charge on any atom is -0.422 e. The van der Waals surface area contributed by atoms with E-state index in [2.05, 4.69) is 5.32 Å². The molecular weight excluding hydrogens is 284 g/mol. The van der Waals surface area contributed by atoms with Gasteiger partial charge in [-0.2, -0.15) is 0 Å². The van der Waals surface area contributed by atoms with Crippen molar-refractivity contribution in [3.8, 4) is 0 Å². The lowest BCUT2D eigenvalue weighted by molar-refractivity contribution is 0.0952. The summed E-state index contributed by atoms with van der Waals surface area (Å²) in [4.78, 5) is 23.5. The van der Waals surface area contributed by atoms with E-state index in [0.717, 1.165) is 0 Å². The summed E-state index contributed by atoms with van der Waals surface area (Å²) in [5.74, 6) is -1.11. The molecule has 1 aromatic heterocycles. The summed E-state index contributed by atoms with van der Waals surface area (Å²) in [6.07, 6.45) is 0. The van der Waals surface area contributed by atoms with Gasteiger partial charge in [0.2, 0.25) is 10.0 Å². The zero-order valence-corrected chi connectivity index (χ0v) is 11.1. The van der Waals surface area contributed by atoms with Crippen molar-refractivity contribution in [2.75, 3.05) is 12.3 Å². The van der Waals surface area contributed by atoms with Crippen LogP contribution in [0.3, 0.4) is 0 Å². The predicted molar refractivity (Wildman–Crippen MR) is 72.8 cm³/mol. The van der Waals surface area contributed by atoms with Crippen molar-refractivity contribution in [1.82, 2.24) is 5.32 Å². The molecule has 8 heteroatoms. The lowest BCUT2D eigenvalue weighted by Gasteiger charge is -2.04. The van der Waals surface area contributed by atoms with Crippen LogP contribution in [0.25, 0.3) is 11.0 Å². The van der Waals surface area contributed by atoms with E-state index in [1.807, 2.05) is 0 Å². The average Bonchev–Trinajstić information content (AvgIpc) is 2.36. The van der Waals surface area contributed by atoms with E-state index in [1.165, 1.54) is 6.07 Å². The molecule has 3 N–H and O–H groups in total. The summed E-state index contributed by atoms with van der Waals surface area (Å²) in [6, 6.07) is 8.15. The van der Waals surface area contributed by atoms with Gasteiger partial charge in [-0.3, -0.25) is 4.79 Å². The van der Waals surface area contributed by atoms with Gasteiger partial charge in [0, 0.05) is 11.9 Å². The van der Waals surface area contributed by atoms with Crippen LogP contribution in [0.1, 0.15) is 10.4 Å². The highest BCUT2D eigenvalue weighted by Gasteiger charge is 2.14. The van der Waals surface area contributed by atoms with Gasteiger partial charge in [-0.15, -0.1) is 0 Å². The van der Waals surface area contributed by atoms with Crippen LogP contribution in [0.15, 0.2) is 39.5 Å². The van der Waals surface area contributed by atoms with Gasteiger partial charge in [0.05, 0.1) is 5.75 Å². The number of hydrogen-bond donors (Lipinski definition) is 2. The van der Waals surface area contributed by atoms with Gasteiger partial charge in [0.15, 0.2) is 0 Å². The second-order valence-electron chi connectivity index (χ2n) is 4.11. The smallest absolute Gasteiger partial charge is 0.349 e. The summed E-state index contributed by atoms with van der Waals surface area (Å²) in [7, 11) is -3.66. The van der Waals surface area contributed by atoms with Gasteiger partial charge >= 0.3 is 5.63 Å². The molecule has 0 saturated heterocycles. The molecule has 0 fully saturated rings. The minimum atomic E-state index is -3.66. The van der Waals surface area contributed by atoms with E-state index in [9.17, 15) is 18.0 Å². The first-order chi connectivity index (χ1) is 9.37. The van der Waals surface area contributed by atoms with E-state index < -0.39 is 27.3 Å². The highest BCUT2D eigenvalue weighted by molar-refractivity contribution is 7.89. The van der Waals surface area contributed by atoms with Crippen LogP contribution in [0.2, 0.25) is 0 Å². The van der Waals surface area contributed by atoms with Crippen molar-refractivity contribution in [1.29, 1.82) is 0 Å². The zero-order valence-electron chi connectivity index (χ0n) is 10.3. The molecular formula is C12H12N2O5S. The zero-order chi connectivity index (χ0) is 14.8. The molecule has 0 bridgehead atoms. The highest BCUT2D eigenvalue weighted by Crippen LogP contribution is 2.12. The fraction of sp³-hybridized carbons (Fsp3) is 0.167. The topological polar surface area (TPSA) is 119 Å². The summed E-state index contributed by atoms with van der Waals surface area (Å²) in [5.41, 5.74) is -0.589. The van der Waals surface area contributed by atoms with Gasteiger partial charge in [0.25, 0.3) is 5.91 Å². The Balaban J connectivity index is 2.22. The van der Waals surface area contributed by atoms with Crippen molar-refractivity contribution in [3.05, 3.63) is 46.3 Å². The number of fused-ring (bicyclic) bond motifs is 1. The molecule has 0 unspecified atom stereocenters. The molecule has 20 heavy (non-hydrogen) atoms. The Morgan fingerprint density at radius 3 is 2.70 bits per heavy atom.